The van der Waals surface area contributed by atoms with Gasteiger partial charge in [-0.15, -0.1) is 0 Å². The molecule has 1 atom stereocenters. The Labute approximate surface area is 184 Å². The SMILES string of the molecule is Cc1ccc2c(c1)OC(C)(C)CC2NCc1cc2ccccc2nc1N1CCOCC1. The van der Waals surface area contributed by atoms with Crippen molar-refractivity contribution in [3.8, 4) is 5.75 Å². The number of aromatic nitrogens is 1. The van der Waals surface area contributed by atoms with E-state index in [-0.39, 0.29) is 11.6 Å². The quantitative estimate of drug-likeness (QED) is 0.662. The molecular weight excluding hydrogens is 386 g/mol. The average Bonchev–Trinajstić information content (AvgIpc) is 2.76. The molecule has 0 radical (unpaired) electrons. The van der Waals surface area contributed by atoms with Crippen molar-refractivity contribution in [1.82, 2.24) is 10.3 Å². The maximum Gasteiger partial charge on any atom is 0.133 e. The second-order valence-corrected chi connectivity index (χ2v) is 9.30. The highest BCUT2D eigenvalue weighted by Crippen LogP contribution is 2.40. The number of hydrogen-bond donors (Lipinski definition) is 1. The van der Waals surface area contributed by atoms with Gasteiger partial charge in [0.2, 0.25) is 0 Å². The molecule has 3 heterocycles. The molecule has 2 aliphatic rings. The molecule has 5 heteroatoms. The van der Waals surface area contributed by atoms with Gasteiger partial charge in [-0.2, -0.15) is 0 Å². The highest BCUT2D eigenvalue weighted by Gasteiger charge is 2.33. The van der Waals surface area contributed by atoms with Crippen molar-refractivity contribution in [1.29, 1.82) is 0 Å². The summed E-state index contributed by atoms with van der Waals surface area (Å²) in [6.07, 6.45) is 0.928. The van der Waals surface area contributed by atoms with Gasteiger partial charge in [0.15, 0.2) is 0 Å². The Kier molecular flexibility index (Phi) is 5.32. The van der Waals surface area contributed by atoms with Crippen molar-refractivity contribution in [2.45, 2.75) is 45.4 Å². The van der Waals surface area contributed by atoms with Gasteiger partial charge in [-0.25, -0.2) is 4.98 Å². The van der Waals surface area contributed by atoms with Crippen LogP contribution < -0.4 is 15.0 Å². The van der Waals surface area contributed by atoms with Gasteiger partial charge in [-0.1, -0.05) is 30.3 Å². The summed E-state index contributed by atoms with van der Waals surface area (Å²) in [5, 5.41) is 5.02. The lowest BCUT2D eigenvalue weighted by molar-refractivity contribution is 0.0656. The summed E-state index contributed by atoms with van der Waals surface area (Å²) in [6.45, 7) is 10.5. The number of hydrogen-bond acceptors (Lipinski definition) is 5. The van der Waals surface area contributed by atoms with Crippen molar-refractivity contribution in [3.63, 3.8) is 0 Å². The predicted molar refractivity (Wildman–Crippen MR) is 125 cm³/mol. The third-order valence-electron chi connectivity index (χ3n) is 6.26. The highest BCUT2D eigenvalue weighted by molar-refractivity contribution is 5.81. The molecule has 2 aromatic carbocycles. The lowest BCUT2D eigenvalue weighted by atomic mass is 9.89. The van der Waals surface area contributed by atoms with Crippen LogP contribution in [0.15, 0.2) is 48.5 Å². The van der Waals surface area contributed by atoms with Gasteiger partial charge < -0.3 is 19.7 Å². The van der Waals surface area contributed by atoms with Gasteiger partial charge in [0.05, 0.1) is 18.7 Å². The van der Waals surface area contributed by atoms with Crippen LogP contribution in [0.4, 0.5) is 5.82 Å². The van der Waals surface area contributed by atoms with Crippen molar-refractivity contribution >= 4 is 16.7 Å². The fourth-order valence-electron chi connectivity index (χ4n) is 4.70. The molecule has 1 aromatic heterocycles. The molecule has 31 heavy (non-hydrogen) atoms. The first-order chi connectivity index (χ1) is 15.0. The lowest BCUT2D eigenvalue weighted by Crippen LogP contribution is -2.40. The molecular formula is C26H31N3O2. The number of morpholine rings is 1. The van der Waals surface area contributed by atoms with Crippen molar-refractivity contribution < 1.29 is 9.47 Å². The fourth-order valence-corrected chi connectivity index (χ4v) is 4.70. The molecule has 1 fully saturated rings. The van der Waals surface area contributed by atoms with Gasteiger partial charge in [0, 0.05) is 48.6 Å². The van der Waals surface area contributed by atoms with E-state index in [0.717, 1.165) is 56.4 Å². The van der Waals surface area contributed by atoms with Crippen LogP contribution in [0.3, 0.4) is 0 Å². The first-order valence-electron chi connectivity index (χ1n) is 11.2. The molecule has 1 saturated heterocycles. The fraction of sp³-hybridized carbons (Fsp3) is 0.423. The number of para-hydroxylation sites is 1. The Morgan fingerprint density at radius 2 is 1.90 bits per heavy atom. The summed E-state index contributed by atoms with van der Waals surface area (Å²) in [7, 11) is 0. The molecule has 1 unspecified atom stereocenters. The van der Waals surface area contributed by atoms with E-state index in [1.807, 2.05) is 0 Å². The summed E-state index contributed by atoms with van der Waals surface area (Å²) in [4.78, 5) is 7.41. The van der Waals surface area contributed by atoms with Gasteiger partial charge in [0.25, 0.3) is 0 Å². The second kappa shape index (κ2) is 8.13. The van der Waals surface area contributed by atoms with Gasteiger partial charge in [-0.3, -0.25) is 0 Å². The predicted octanol–water partition coefficient (Wildman–Crippen LogP) is 4.77. The Morgan fingerprint density at radius 3 is 2.74 bits per heavy atom. The van der Waals surface area contributed by atoms with Gasteiger partial charge >= 0.3 is 0 Å². The van der Waals surface area contributed by atoms with E-state index in [0.29, 0.717) is 0 Å². The smallest absolute Gasteiger partial charge is 0.133 e. The molecule has 0 bridgehead atoms. The normalized spacial score (nSPS) is 20.4. The van der Waals surface area contributed by atoms with Crippen molar-refractivity contribution in [2.24, 2.45) is 0 Å². The van der Waals surface area contributed by atoms with E-state index in [1.54, 1.807) is 0 Å². The minimum absolute atomic E-state index is 0.201. The monoisotopic (exact) mass is 417 g/mol. The van der Waals surface area contributed by atoms with E-state index < -0.39 is 0 Å². The zero-order valence-corrected chi connectivity index (χ0v) is 18.6. The summed E-state index contributed by atoms with van der Waals surface area (Å²) >= 11 is 0. The minimum Gasteiger partial charge on any atom is -0.487 e. The Bertz CT molecular complexity index is 1090. The number of aryl methyl sites for hydroxylation is 1. The second-order valence-electron chi connectivity index (χ2n) is 9.30. The summed E-state index contributed by atoms with van der Waals surface area (Å²) in [5.41, 5.74) is 4.54. The number of nitrogens with zero attached hydrogens (tertiary/aromatic N) is 2. The molecule has 2 aliphatic heterocycles. The molecule has 0 spiro atoms. The van der Waals surface area contributed by atoms with Crippen LogP contribution >= 0.6 is 0 Å². The molecule has 3 aromatic rings. The molecule has 0 saturated carbocycles. The summed E-state index contributed by atoms with van der Waals surface area (Å²) in [5.74, 6) is 2.07. The lowest BCUT2D eigenvalue weighted by Gasteiger charge is -2.38. The highest BCUT2D eigenvalue weighted by atomic mass is 16.5. The number of benzene rings is 2. The van der Waals surface area contributed by atoms with Crippen LogP contribution in [0, 0.1) is 6.92 Å². The van der Waals surface area contributed by atoms with Crippen molar-refractivity contribution in [2.75, 3.05) is 31.2 Å². The maximum atomic E-state index is 6.28. The first kappa shape index (κ1) is 20.3. The number of ether oxygens (including phenoxy) is 2. The number of nitrogens with one attached hydrogen (secondary N) is 1. The number of pyridine rings is 1. The van der Waals surface area contributed by atoms with Crippen LogP contribution in [0.25, 0.3) is 10.9 Å². The summed E-state index contributed by atoms with van der Waals surface area (Å²) in [6, 6.07) is 17.4. The molecule has 0 aliphatic carbocycles. The Morgan fingerprint density at radius 1 is 1.10 bits per heavy atom. The van der Waals surface area contributed by atoms with Crippen LogP contribution in [0.5, 0.6) is 5.75 Å². The molecule has 5 rings (SSSR count). The van der Waals surface area contributed by atoms with Gasteiger partial charge in [-0.05, 0) is 44.5 Å². The Hall–Kier alpha value is -2.63. The maximum absolute atomic E-state index is 6.28. The zero-order chi connectivity index (χ0) is 21.4. The third kappa shape index (κ3) is 4.25. The standard InChI is InChI=1S/C26H31N3O2/c1-18-8-9-21-23(16-26(2,3)31-24(21)14-18)27-17-20-15-19-6-4-5-7-22(19)28-25(20)29-10-12-30-13-11-29/h4-9,14-15,23,27H,10-13,16-17H2,1-3H3. The average molecular weight is 418 g/mol. The zero-order valence-electron chi connectivity index (χ0n) is 18.6. The topological polar surface area (TPSA) is 46.6 Å². The number of anilines is 1. The number of rotatable bonds is 4. The Balaban J connectivity index is 1.46. The van der Waals surface area contributed by atoms with Crippen LogP contribution in [-0.2, 0) is 11.3 Å². The van der Waals surface area contributed by atoms with E-state index >= 15 is 0 Å². The van der Waals surface area contributed by atoms with E-state index in [4.69, 9.17) is 14.5 Å². The van der Waals surface area contributed by atoms with E-state index in [1.165, 1.54) is 22.1 Å². The molecule has 0 amide bonds. The van der Waals surface area contributed by atoms with Crippen LogP contribution in [0.1, 0.15) is 43.0 Å². The number of fused-ring (bicyclic) bond motifs is 2. The van der Waals surface area contributed by atoms with Crippen LogP contribution in [0.2, 0.25) is 0 Å². The van der Waals surface area contributed by atoms with E-state index in [9.17, 15) is 0 Å². The molecule has 162 valence electrons. The van der Waals surface area contributed by atoms with Gasteiger partial charge in [0.1, 0.15) is 17.2 Å². The third-order valence-corrected chi connectivity index (χ3v) is 6.26. The largest absolute Gasteiger partial charge is 0.487 e. The van der Waals surface area contributed by atoms with E-state index in [2.05, 4.69) is 79.5 Å². The molecule has 5 nitrogen and oxygen atoms in total. The minimum atomic E-state index is -0.201. The molecule has 1 N–H and O–H groups in total. The first-order valence-corrected chi connectivity index (χ1v) is 11.2. The van der Waals surface area contributed by atoms with Crippen LogP contribution in [-0.4, -0.2) is 36.9 Å². The summed E-state index contributed by atoms with van der Waals surface area (Å²) < 4.78 is 11.9. The van der Waals surface area contributed by atoms with Crippen molar-refractivity contribution in [3.05, 3.63) is 65.2 Å².